The third-order valence-corrected chi connectivity index (χ3v) is 5.32. The van der Waals surface area contributed by atoms with Crippen LogP contribution in [0.5, 0.6) is 0 Å². The molecule has 0 radical (unpaired) electrons. The lowest BCUT2D eigenvalue weighted by Crippen LogP contribution is -2.26. The Hall–Kier alpha value is -1.10. The van der Waals surface area contributed by atoms with Gasteiger partial charge in [-0.05, 0) is 19.8 Å². The van der Waals surface area contributed by atoms with E-state index in [1.807, 2.05) is 6.92 Å². The molecule has 0 rings (SSSR count). The number of aliphatic carboxylic acids is 1. The smallest absolute Gasteiger partial charge is 0.303 e. The summed E-state index contributed by atoms with van der Waals surface area (Å²) in [5.74, 6) is -0.512. The number of unbranched alkanes of at least 4 members (excludes halogenated alkanes) is 15. The van der Waals surface area contributed by atoms with E-state index in [0.29, 0.717) is 32.6 Å². The van der Waals surface area contributed by atoms with Crippen LogP contribution in [0.1, 0.15) is 122 Å². The fourth-order valence-electron chi connectivity index (χ4n) is 3.53. The molecule has 0 bridgehead atoms. The zero-order valence-corrected chi connectivity index (χ0v) is 19.0. The molecule has 0 fully saturated rings. The topological polar surface area (TPSA) is 75.6 Å². The van der Waals surface area contributed by atoms with Crippen molar-refractivity contribution in [1.29, 1.82) is 0 Å². The molecule has 29 heavy (non-hydrogen) atoms. The number of carboxylic acids is 1. The number of carboxylic acid groups (broad SMARTS) is 1. The molecule has 5 nitrogen and oxygen atoms in total. The Labute approximate surface area is 179 Å². The van der Waals surface area contributed by atoms with E-state index in [0.717, 1.165) is 25.7 Å². The highest BCUT2D eigenvalue weighted by molar-refractivity contribution is 5.75. The van der Waals surface area contributed by atoms with Crippen molar-refractivity contribution in [3.8, 4) is 0 Å². The molecular formula is C24H47NO4. The van der Waals surface area contributed by atoms with Crippen molar-refractivity contribution in [3.05, 3.63) is 0 Å². The summed E-state index contributed by atoms with van der Waals surface area (Å²) in [7, 11) is 0. The van der Waals surface area contributed by atoms with E-state index in [4.69, 9.17) is 9.84 Å². The predicted molar refractivity (Wildman–Crippen MR) is 120 cm³/mol. The van der Waals surface area contributed by atoms with Gasteiger partial charge in [-0.1, -0.05) is 89.9 Å². The first-order valence-corrected chi connectivity index (χ1v) is 12.2. The maximum absolute atomic E-state index is 11.6. The number of amides is 1. The van der Waals surface area contributed by atoms with Crippen molar-refractivity contribution in [3.63, 3.8) is 0 Å². The van der Waals surface area contributed by atoms with Crippen LogP contribution in [0.4, 0.5) is 0 Å². The first-order valence-electron chi connectivity index (χ1n) is 12.2. The molecule has 0 saturated carbocycles. The highest BCUT2D eigenvalue weighted by atomic mass is 16.5. The van der Waals surface area contributed by atoms with Gasteiger partial charge in [0.15, 0.2) is 0 Å². The highest BCUT2D eigenvalue weighted by Gasteiger charge is 2.00. The van der Waals surface area contributed by atoms with Crippen LogP contribution in [-0.4, -0.2) is 36.7 Å². The van der Waals surface area contributed by atoms with Crippen molar-refractivity contribution in [2.24, 2.45) is 0 Å². The van der Waals surface area contributed by atoms with E-state index in [2.05, 4.69) is 5.32 Å². The van der Waals surface area contributed by atoms with E-state index >= 15 is 0 Å². The predicted octanol–water partition coefficient (Wildman–Crippen LogP) is 6.25. The second-order valence-electron chi connectivity index (χ2n) is 8.10. The summed E-state index contributed by atoms with van der Waals surface area (Å²) in [6, 6.07) is 0. The minimum atomic E-state index is -0.668. The van der Waals surface area contributed by atoms with Crippen LogP contribution < -0.4 is 5.32 Å². The summed E-state index contributed by atoms with van der Waals surface area (Å²) in [4.78, 5) is 22.0. The molecule has 0 saturated heterocycles. The van der Waals surface area contributed by atoms with Gasteiger partial charge < -0.3 is 15.2 Å². The van der Waals surface area contributed by atoms with E-state index < -0.39 is 5.97 Å². The molecular weight excluding hydrogens is 366 g/mol. The summed E-state index contributed by atoms with van der Waals surface area (Å²) in [5.41, 5.74) is 0. The molecule has 0 spiro atoms. The third-order valence-electron chi connectivity index (χ3n) is 5.32. The maximum Gasteiger partial charge on any atom is 0.303 e. The average molecular weight is 414 g/mol. The number of hydrogen-bond donors (Lipinski definition) is 2. The van der Waals surface area contributed by atoms with E-state index in [9.17, 15) is 9.59 Å². The Bertz CT molecular complexity index is 374. The Kier molecular flexibility index (Phi) is 22.3. The van der Waals surface area contributed by atoms with Gasteiger partial charge in [-0.25, -0.2) is 0 Å². The van der Waals surface area contributed by atoms with Crippen molar-refractivity contribution < 1.29 is 19.4 Å². The summed E-state index contributed by atoms with van der Waals surface area (Å²) < 4.78 is 5.20. The SMILES string of the molecule is CCOCCNC(=O)CCCCCCCCCCCCCCCCCCC(=O)O. The first kappa shape index (κ1) is 27.9. The maximum atomic E-state index is 11.6. The lowest BCUT2D eigenvalue weighted by molar-refractivity contribution is -0.137. The lowest BCUT2D eigenvalue weighted by atomic mass is 10.0. The van der Waals surface area contributed by atoms with Gasteiger partial charge in [0.2, 0.25) is 5.91 Å². The van der Waals surface area contributed by atoms with Gasteiger partial charge in [-0.3, -0.25) is 9.59 Å². The second kappa shape index (κ2) is 23.2. The van der Waals surface area contributed by atoms with Crippen molar-refractivity contribution >= 4 is 11.9 Å². The molecule has 0 heterocycles. The molecule has 0 aliphatic carbocycles. The molecule has 0 aliphatic rings. The van der Waals surface area contributed by atoms with Crippen LogP contribution in [0.25, 0.3) is 0 Å². The van der Waals surface area contributed by atoms with Gasteiger partial charge in [-0.15, -0.1) is 0 Å². The van der Waals surface area contributed by atoms with Crippen LogP contribution in [0.3, 0.4) is 0 Å². The summed E-state index contributed by atoms with van der Waals surface area (Å²) in [6.45, 7) is 3.90. The Morgan fingerprint density at radius 3 is 1.41 bits per heavy atom. The minimum absolute atomic E-state index is 0.155. The molecule has 0 atom stereocenters. The third kappa shape index (κ3) is 24.9. The fraction of sp³-hybridized carbons (Fsp3) is 0.917. The standard InChI is InChI=1S/C24H47NO4/c1-2-29-22-21-25-23(26)19-17-15-13-11-9-7-5-3-4-6-8-10-12-14-16-18-20-24(27)28/h2-22H2,1H3,(H,25,26)(H,27,28). The molecule has 1 amide bonds. The van der Waals surface area contributed by atoms with Crippen LogP contribution in [0.15, 0.2) is 0 Å². The molecule has 172 valence electrons. The van der Waals surface area contributed by atoms with Crippen molar-refractivity contribution in [2.45, 2.75) is 122 Å². The number of hydrogen-bond acceptors (Lipinski definition) is 3. The number of rotatable bonds is 23. The number of nitrogens with one attached hydrogen (secondary N) is 1. The zero-order valence-electron chi connectivity index (χ0n) is 19.0. The minimum Gasteiger partial charge on any atom is -0.481 e. The van der Waals surface area contributed by atoms with Gasteiger partial charge in [0.05, 0.1) is 6.61 Å². The zero-order chi connectivity index (χ0) is 21.4. The Morgan fingerprint density at radius 2 is 1.03 bits per heavy atom. The molecule has 0 unspecified atom stereocenters. The molecule has 0 aromatic rings. The van der Waals surface area contributed by atoms with Crippen LogP contribution >= 0.6 is 0 Å². The van der Waals surface area contributed by atoms with Gasteiger partial charge in [0, 0.05) is 26.0 Å². The van der Waals surface area contributed by atoms with Crippen LogP contribution in [-0.2, 0) is 14.3 Å². The van der Waals surface area contributed by atoms with E-state index in [1.54, 1.807) is 0 Å². The monoisotopic (exact) mass is 413 g/mol. The van der Waals surface area contributed by atoms with Gasteiger partial charge in [0.25, 0.3) is 0 Å². The number of carbonyl (C=O) groups excluding carboxylic acids is 1. The molecule has 0 aliphatic heterocycles. The second-order valence-corrected chi connectivity index (χ2v) is 8.10. The van der Waals surface area contributed by atoms with Gasteiger partial charge >= 0.3 is 5.97 Å². The van der Waals surface area contributed by atoms with Crippen molar-refractivity contribution in [1.82, 2.24) is 5.32 Å². The quantitative estimate of drug-likeness (QED) is 0.194. The summed E-state index contributed by atoms with van der Waals surface area (Å²) in [6.07, 6.45) is 20.8. The highest BCUT2D eigenvalue weighted by Crippen LogP contribution is 2.14. The van der Waals surface area contributed by atoms with Gasteiger partial charge in [-0.2, -0.15) is 0 Å². The van der Waals surface area contributed by atoms with Gasteiger partial charge in [0.1, 0.15) is 0 Å². The summed E-state index contributed by atoms with van der Waals surface area (Å²) in [5, 5.41) is 11.5. The molecule has 5 heteroatoms. The molecule has 2 N–H and O–H groups in total. The van der Waals surface area contributed by atoms with Crippen LogP contribution in [0, 0.1) is 0 Å². The summed E-state index contributed by atoms with van der Waals surface area (Å²) >= 11 is 0. The Morgan fingerprint density at radius 1 is 0.655 bits per heavy atom. The lowest BCUT2D eigenvalue weighted by Gasteiger charge is -2.05. The average Bonchev–Trinajstić information content (AvgIpc) is 2.70. The first-order chi connectivity index (χ1) is 14.2. The van der Waals surface area contributed by atoms with Crippen LogP contribution in [0.2, 0.25) is 0 Å². The Balaban J connectivity index is 3.10. The molecule has 0 aromatic heterocycles. The fourth-order valence-corrected chi connectivity index (χ4v) is 3.53. The van der Waals surface area contributed by atoms with E-state index in [1.165, 1.54) is 77.0 Å². The normalized spacial score (nSPS) is 10.9. The van der Waals surface area contributed by atoms with E-state index in [-0.39, 0.29) is 5.91 Å². The largest absolute Gasteiger partial charge is 0.481 e. The van der Waals surface area contributed by atoms with Crippen molar-refractivity contribution in [2.75, 3.05) is 19.8 Å². The number of ether oxygens (including phenoxy) is 1. The molecule has 0 aromatic carbocycles. The number of carbonyl (C=O) groups is 2.